The van der Waals surface area contributed by atoms with E-state index in [2.05, 4.69) is 5.32 Å². The molecule has 0 aliphatic carbocycles. The molecule has 0 radical (unpaired) electrons. The van der Waals surface area contributed by atoms with Crippen molar-refractivity contribution in [1.82, 2.24) is 0 Å². The summed E-state index contributed by atoms with van der Waals surface area (Å²) in [5, 5.41) is 2.96. The van der Waals surface area contributed by atoms with Gasteiger partial charge in [0.15, 0.2) is 0 Å². The molecule has 1 N–H and O–H groups in total. The van der Waals surface area contributed by atoms with E-state index in [9.17, 15) is 4.79 Å². The molecule has 3 aromatic carbocycles. The molecule has 0 fully saturated rings. The minimum absolute atomic E-state index is 0.134. The van der Waals surface area contributed by atoms with E-state index in [1.807, 2.05) is 85.1 Å². The fourth-order valence-electron chi connectivity index (χ4n) is 2.44. The van der Waals surface area contributed by atoms with Crippen molar-refractivity contribution in [3.8, 4) is 5.75 Å². The second kappa shape index (κ2) is 8.40. The first-order valence-corrected chi connectivity index (χ1v) is 9.20. The summed E-state index contributed by atoms with van der Waals surface area (Å²) in [5.41, 5.74) is 2.26. The van der Waals surface area contributed by atoms with Gasteiger partial charge in [-0.15, -0.1) is 11.8 Å². The third kappa shape index (κ3) is 4.64. The molecule has 0 aromatic heterocycles. The molecule has 3 aromatic rings. The van der Waals surface area contributed by atoms with Gasteiger partial charge in [0.2, 0.25) is 0 Å². The van der Waals surface area contributed by atoms with Gasteiger partial charge in [0.1, 0.15) is 12.4 Å². The summed E-state index contributed by atoms with van der Waals surface area (Å²) in [5.74, 6) is 0.649. The standard InChI is InChI=1S/C21H19NO2S/c1-25-19-12-7-9-17(14-19)22-21(23)20-13-6-5-8-16(20)15-24-18-10-3-2-4-11-18/h2-14H,15H2,1H3,(H,22,23). The lowest BCUT2D eigenvalue weighted by molar-refractivity contribution is 0.102. The van der Waals surface area contributed by atoms with Crippen molar-refractivity contribution in [3.63, 3.8) is 0 Å². The molecule has 25 heavy (non-hydrogen) atoms. The maximum absolute atomic E-state index is 12.7. The van der Waals surface area contributed by atoms with Crippen molar-refractivity contribution in [2.75, 3.05) is 11.6 Å². The average molecular weight is 349 g/mol. The van der Waals surface area contributed by atoms with Gasteiger partial charge >= 0.3 is 0 Å². The Morgan fingerprint density at radius 1 is 0.960 bits per heavy atom. The maximum atomic E-state index is 12.7. The van der Waals surface area contributed by atoms with Crippen LogP contribution in [0.25, 0.3) is 0 Å². The van der Waals surface area contributed by atoms with Crippen LogP contribution in [0.3, 0.4) is 0 Å². The van der Waals surface area contributed by atoms with E-state index in [4.69, 9.17) is 4.74 Å². The highest BCUT2D eigenvalue weighted by Crippen LogP contribution is 2.20. The number of ether oxygens (including phenoxy) is 1. The van der Waals surface area contributed by atoms with Crippen LogP contribution in [0.2, 0.25) is 0 Å². The van der Waals surface area contributed by atoms with Crippen molar-refractivity contribution in [2.24, 2.45) is 0 Å². The van der Waals surface area contributed by atoms with Crippen LogP contribution >= 0.6 is 11.8 Å². The fraction of sp³-hybridized carbons (Fsp3) is 0.0952. The Balaban J connectivity index is 1.74. The van der Waals surface area contributed by atoms with Crippen molar-refractivity contribution in [3.05, 3.63) is 90.0 Å². The van der Waals surface area contributed by atoms with Crippen LogP contribution in [0.1, 0.15) is 15.9 Å². The van der Waals surface area contributed by atoms with Crippen LogP contribution < -0.4 is 10.1 Å². The zero-order valence-electron chi connectivity index (χ0n) is 13.9. The summed E-state index contributed by atoms with van der Waals surface area (Å²) < 4.78 is 5.79. The molecule has 0 saturated carbocycles. The second-order valence-corrected chi connectivity index (χ2v) is 6.32. The zero-order chi connectivity index (χ0) is 17.5. The number of carbonyl (C=O) groups is 1. The molecular formula is C21H19NO2S. The summed E-state index contributed by atoms with van der Waals surface area (Å²) in [4.78, 5) is 13.8. The monoisotopic (exact) mass is 349 g/mol. The van der Waals surface area contributed by atoms with E-state index in [0.717, 1.165) is 21.9 Å². The number of thioether (sulfide) groups is 1. The predicted molar refractivity (Wildman–Crippen MR) is 103 cm³/mol. The molecule has 0 saturated heterocycles. The Labute approximate surface area is 152 Å². The molecule has 0 unspecified atom stereocenters. The van der Waals surface area contributed by atoms with Crippen LogP contribution in [0, 0.1) is 0 Å². The number of amides is 1. The highest BCUT2D eigenvalue weighted by molar-refractivity contribution is 7.98. The van der Waals surface area contributed by atoms with Gasteiger partial charge in [0.25, 0.3) is 5.91 Å². The van der Waals surface area contributed by atoms with Crippen LogP contribution in [-0.4, -0.2) is 12.2 Å². The number of nitrogens with one attached hydrogen (secondary N) is 1. The van der Waals surface area contributed by atoms with Crippen molar-refractivity contribution in [2.45, 2.75) is 11.5 Å². The summed E-state index contributed by atoms with van der Waals surface area (Å²) in [6.45, 7) is 0.346. The molecule has 0 aliphatic rings. The largest absolute Gasteiger partial charge is 0.489 e. The number of anilines is 1. The fourth-order valence-corrected chi connectivity index (χ4v) is 2.90. The third-order valence-corrected chi connectivity index (χ3v) is 4.45. The van der Waals surface area contributed by atoms with Gasteiger partial charge in [0.05, 0.1) is 0 Å². The molecule has 126 valence electrons. The lowest BCUT2D eigenvalue weighted by Crippen LogP contribution is -2.15. The normalized spacial score (nSPS) is 10.3. The highest BCUT2D eigenvalue weighted by Gasteiger charge is 2.12. The summed E-state index contributed by atoms with van der Waals surface area (Å²) in [6, 6.07) is 24.9. The Hall–Kier alpha value is -2.72. The molecule has 0 spiro atoms. The molecule has 1 amide bonds. The molecule has 0 bridgehead atoms. The van der Waals surface area contributed by atoms with E-state index in [1.54, 1.807) is 11.8 Å². The van der Waals surface area contributed by atoms with E-state index >= 15 is 0 Å². The van der Waals surface area contributed by atoms with Crippen molar-refractivity contribution < 1.29 is 9.53 Å². The summed E-state index contributed by atoms with van der Waals surface area (Å²) >= 11 is 1.64. The van der Waals surface area contributed by atoms with Gasteiger partial charge in [-0.3, -0.25) is 4.79 Å². The lowest BCUT2D eigenvalue weighted by atomic mass is 10.1. The summed E-state index contributed by atoms with van der Waals surface area (Å²) in [6.07, 6.45) is 2.01. The average Bonchev–Trinajstić information content (AvgIpc) is 2.67. The zero-order valence-corrected chi connectivity index (χ0v) is 14.8. The van der Waals surface area contributed by atoms with Gasteiger partial charge in [0, 0.05) is 21.7 Å². The molecule has 0 heterocycles. The van der Waals surface area contributed by atoms with E-state index < -0.39 is 0 Å². The number of hydrogen-bond donors (Lipinski definition) is 1. The highest BCUT2D eigenvalue weighted by atomic mass is 32.2. The van der Waals surface area contributed by atoms with E-state index in [-0.39, 0.29) is 5.91 Å². The first-order valence-electron chi connectivity index (χ1n) is 7.97. The number of para-hydroxylation sites is 1. The number of carbonyl (C=O) groups excluding carboxylic acids is 1. The Kier molecular flexibility index (Phi) is 5.75. The lowest BCUT2D eigenvalue weighted by Gasteiger charge is -2.12. The second-order valence-electron chi connectivity index (χ2n) is 5.44. The quantitative estimate of drug-likeness (QED) is 0.619. The Bertz CT molecular complexity index is 849. The minimum Gasteiger partial charge on any atom is -0.489 e. The number of benzene rings is 3. The first-order chi connectivity index (χ1) is 12.3. The van der Waals surface area contributed by atoms with Gasteiger partial charge < -0.3 is 10.1 Å². The molecular weight excluding hydrogens is 330 g/mol. The van der Waals surface area contributed by atoms with Gasteiger partial charge in [-0.1, -0.05) is 42.5 Å². The van der Waals surface area contributed by atoms with Crippen molar-refractivity contribution in [1.29, 1.82) is 0 Å². The van der Waals surface area contributed by atoms with Crippen LogP contribution in [0.5, 0.6) is 5.75 Å². The van der Waals surface area contributed by atoms with Crippen molar-refractivity contribution >= 4 is 23.4 Å². The molecule has 0 aliphatic heterocycles. The Morgan fingerprint density at radius 3 is 2.52 bits per heavy atom. The van der Waals surface area contributed by atoms with Crippen LogP contribution in [0.4, 0.5) is 5.69 Å². The smallest absolute Gasteiger partial charge is 0.256 e. The maximum Gasteiger partial charge on any atom is 0.256 e. The molecule has 3 nitrogen and oxygen atoms in total. The van der Waals surface area contributed by atoms with Crippen LogP contribution in [0.15, 0.2) is 83.8 Å². The van der Waals surface area contributed by atoms with Gasteiger partial charge in [-0.2, -0.15) is 0 Å². The summed E-state index contributed by atoms with van der Waals surface area (Å²) in [7, 11) is 0. The van der Waals surface area contributed by atoms with E-state index in [0.29, 0.717) is 12.2 Å². The van der Waals surface area contributed by atoms with Crippen LogP contribution in [-0.2, 0) is 6.61 Å². The Morgan fingerprint density at radius 2 is 1.72 bits per heavy atom. The predicted octanol–water partition coefficient (Wildman–Crippen LogP) is 5.24. The topological polar surface area (TPSA) is 38.3 Å². The molecule has 3 rings (SSSR count). The molecule has 0 atom stereocenters. The first kappa shape index (κ1) is 17.1. The minimum atomic E-state index is -0.134. The number of hydrogen-bond acceptors (Lipinski definition) is 3. The van der Waals surface area contributed by atoms with Gasteiger partial charge in [-0.25, -0.2) is 0 Å². The SMILES string of the molecule is CSc1cccc(NC(=O)c2ccccc2COc2ccccc2)c1. The number of rotatable bonds is 6. The third-order valence-electron chi connectivity index (χ3n) is 3.73. The van der Waals surface area contributed by atoms with E-state index in [1.165, 1.54) is 0 Å². The van der Waals surface area contributed by atoms with Gasteiger partial charge in [-0.05, 0) is 42.7 Å². The molecule has 4 heteroatoms.